The molecular weight excluding hydrogens is 392 g/mol. The lowest BCUT2D eigenvalue weighted by molar-refractivity contribution is -0.0295. The third-order valence-electron chi connectivity index (χ3n) is 7.73. The van der Waals surface area contributed by atoms with E-state index in [1.807, 2.05) is 0 Å². The molecule has 2 aliphatic carbocycles. The van der Waals surface area contributed by atoms with Crippen LogP contribution in [0.2, 0.25) is 0 Å². The second-order valence-corrected chi connectivity index (χ2v) is 9.96. The zero-order valence-corrected chi connectivity index (χ0v) is 19.2. The maximum Gasteiger partial charge on any atom is 0.143 e. The van der Waals surface area contributed by atoms with Crippen molar-refractivity contribution in [3.63, 3.8) is 0 Å². The summed E-state index contributed by atoms with van der Waals surface area (Å²) < 4.78 is 21.9. The molecule has 176 valence electrons. The zero-order valence-electron chi connectivity index (χ0n) is 19.2. The SMILES string of the molecule is C=COCN(COC=C)C1CCC(CC2CCC(N(CC3CO3)CC3CO3)CC2)CC1. The maximum atomic E-state index is 5.51. The van der Waals surface area contributed by atoms with Crippen molar-refractivity contribution in [2.24, 2.45) is 11.8 Å². The first kappa shape index (κ1) is 23.1. The highest BCUT2D eigenvalue weighted by Gasteiger charge is 2.36. The van der Waals surface area contributed by atoms with Crippen LogP contribution in [0.1, 0.15) is 57.8 Å². The molecule has 6 nitrogen and oxygen atoms in total. The van der Waals surface area contributed by atoms with Gasteiger partial charge in [-0.2, -0.15) is 0 Å². The van der Waals surface area contributed by atoms with Gasteiger partial charge in [0.15, 0.2) is 0 Å². The number of rotatable bonds is 14. The molecule has 2 aliphatic heterocycles. The fourth-order valence-corrected chi connectivity index (χ4v) is 5.75. The first-order valence-electron chi connectivity index (χ1n) is 12.4. The molecule has 0 amide bonds. The molecule has 4 rings (SSSR count). The summed E-state index contributed by atoms with van der Waals surface area (Å²) in [6.45, 7) is 12.5. The molecule has 0 radical (unpaired) electrons. The van der Waals surface area contributed by atoms with Gasteiger partial charge in [0.05, 0.1) is 37.9 Å². The van der Waals surface area contributed by atoms with Crippen molar-refractivity contribution in [1.82, 2.24) is 9.80 Å². The van der Waals surface area contributed by atoms with Crippen LogP contribution < -0.4 is 0 Å². The Labute approximate surface area is 188 Å². The average Bonchev–Trinajstić information content (AvgIpc) is 3.72. The Bertz CT molecular complexity index is 524. The van der Waals surface area contributed by atoms with E-state index in [1.54, 1.807) is 0 Å². The predicted octanol–water partition coefficient (Wildman–Crippen LogP) is 4.13. The summed E-state index contributed by atoms with van der Waals surface area (Å²) in [6.07, 6.45) is 16.0. The number of hydrogen-bond acceptors (Lipinski definition) is 6. The van der Waals surface area contributed by atoms with Gasteiger partial charge in [-0.15, -0.1) is 0 Å². The maximum absolute atomic E-state index is 5.51. The van der Waals surface area contributed by atoms with Crippen LogP contribution in [0.5, 0.6) is 0 Å². The van der Waals surface area contributed by atoms with E-state index >= 15 is 0 Å². The number of hydrogen-bond donors (Lipinski definition) is 0. The van der Waals surface area contributed by atoms with Gasteiger partial charge in [-0.1, -0.05) is 13.2 Å². The molecule has 2 atom stereocenters. The third kappa shape index (κ3) is 7.48. The normalized spacial score (nSPS) is 35.0. The molecule has 0 spiro atoms. The van der Waals surface area contributed by atoms with E-state index in [-0.39, 0.29) is 0 Å². The highest BCUT2D eigenvalue weighted by molar-refractivity contribution is 4.88. The minimum Gasteiger partial charge on any atom is -0.486 e. The summed E-state index contributed by atoms with van der Waals surface area (Å²) in [7, 11) is 0. The summed E-state index contributed by atoms with van der Waals surface area (Å²) in [6, 6.07) is 1.28. The van der Waals surface area contributed by atoms with Crippen LogP contribution in [0.25, 0.3) is 0 Å². The number of nitrogens with zero attached hydrogens (tertiary/aromatic N) is 2. The Kier molecular flexibility index (Phi) is 8.71. The standard InChI is InChI=1S/C25H42N2O4/c1-3-28-18-27(19-29-4-2)23-11-7-21(8-12-23)13-20-5-9-22(10-6-20)26(14-24-16-30-24)15-25-17-31-25/h3-4,20-25H,1-2,5-19H2. The van der Waals surface area contributed by atoms with Crippen LogP contribution in [0.3, 0.4) is 0 Å². The van der Waals surface area contributed by atoms with Crippen LogP contribution in [0, 0.1) is 11.8 Å². The lowest BCUT2D eigenvalue weighted by Gasteiger charge is -2.39. The molecule has 2 saturated heterocycles. The van der Waals surface area contributed by atoms with Gasteiger partial charge in [-0.05, 0) is 69.6 Å². The molecule has 0 aromatic carbocycles. The fourth-order valence-electron chi connectivity index (χ4n) is 5.75. The lowest BCUT2D eigenvalue weighted by atomic mass is 9.75. The highest BCUT2D eigenvalue weighted by atomic mass is 16.6. The zero-order chi connectivity index (χ0) is 21.5. The van der Waals surface area contributed by atoms with Crippen LogP contribution in [-0.4, -0.2) is 73.9 Å². The Morgan fingerprint density at radius 2 is 1.10 bits per heavy atom. The fraction of sp³-hybridized carbons (Fsp3) is 0.840. The van der Waals surface area contributed by atoms with Crippen LogP contribution >= 0.6 is 0 Å². The van der Waals surface area contributed by atoms with Gasteiger partial charge in [-0.25, -0.2) is 4.90 Å². The summed E-state index contributed by atoms with van der Waals surface area (Å²) >= 11 is 0. The minimum atomic E-state index is 0.486. The van der Waals surface area contributed by atoms with Gasteiger partial charge < -0.3 is 18.9 Å². The van der Waals surface area contributed by atoms with Crippen LogP contribution in [0.4, 0.5) is 0 Å². The molecule has 6 heteroatoms. The Balaban J connectivity index is 1.16. The predicted molar refractivity (Wildman–Crippen MR) is 121 cm³/mol. The molecule has 0 aromatic heterocycles. The Morgan fingerprint density at radius 1 is 0.677 bits per heavy atom. The average molecular weight is 435 g/mol. The van der Waals surface area contributed by atoms with E-state index in [1.165, 1.54) is 70.3 Å². The second kappa shape index (κ2) is 11.7. The van der Waals surface area contributed by atoms with Crippen molar-refractivity contribution >= 4 is 0 Å². The lowest BCUT2D eigenvalue weighted by Crippen LogP contribution is -2.43. The number of epoxide rings is 2. The van der Waals surface area contributed by atoms with Gasteiger partial charge in [0, 0.05) is 25.2 Å². The number of ether oxygens (including phenoxy) is 4. The first-order chi connectivity index (χ1) is 15.2. The molecule has 2 unspecified atom stereocenters. The summed E-state index contributed by atoms with van der Waals surface area (Å²) in [5.74, 6) is 1.80. The molecule has 0 bridgehead atoms. The Morgan fingerprint density at radius 3 is 1.48 bits per heavy atom. The van der Waals surface area contributed by atoms with Crippen molar-refractivity contribution in [3.05, 3.63) is 25.7 Å². The van der Waals surface area contributed by atoms with Crippen molar-refractivity contribution in [2.45, 2.75) is 82.1 Å². The minimum absolute atomic E-state index is 0.486. The quantitative estimate of drug-likeness (QED) is 0.233. The largest absolute Gasteiger partial charge is 0.486 e. The second-order valence-electron chi connectivity index (χ2n) is 9.96. The first-order valence-corrected chi connectivity index (χ1v) is 12.4. The topological polar surface area (TPSA) is 50.0 Å². The summed E-state index contributed by atoms with van der Waals surface area (Å²) in [5, 5.41) is 0. The van der Waals surface area contributed by atoms with E-state index in [0.29, 0.717) is 31.7 Å². The molecule has 4 fully saturated rings. The van der Waals surface area contributed by atoms with Gasteiger partial charge in [0.2, 0.25) is 0 Å². The molecule has 2 saturated carbocycles. The third-order valence-corrected chi connectivity index (χ3v) is 7.73. The van der Waals surface area contributed by atoms with Gasteiger partial charge in [0.25, 0.3) is 0 Å². The van der Waals surface area contributed by atoms with Gasteiger partial charge >= 0.3 is 0 Å². The highest BCUT2D eigenvalue weighted by Crippen LogP contribution is 2.38. The molecular formula is C25H42N2O4. The van der Waals surface area contributed by atoms with Crippen molar-refractivity contribution in [3.8, 4) is 0 Å². The van der Waals surface area contributed by atoms with E-state index in [9.17, 15) is 0 Å². The van der Waals surface area contributed by atoms with E-state index in [4.69, 9.17) is 18.9 Å². The van der Waals surface area contributed by atoms with E-state index in [2.05, 4.69) is 23.0 Å². The molecule has 2 heterocycles. The molecule has 0 N–H and O–H groups in total. The van der Waals surface area contributed by atoms with Crippen molar-refractivity contribution < 1.29 is 18.9 Å². The van der Waals surface area contributed by atoms with Crippen molar-refractivity contribution in [1.29, 1.82) is 0 Å². The summed E-state index contributed by atoms with van der Waals surface area (Å²) in [4.78, 5) is 4.95. The monoisotopic (exact) mass is 434 g/mol. The molecule has 31 heavy (non-hydrogen) atoms. The van der Waals surface area contributed by atoms with Gasteiger partial charge in [0.1, 0.15) is 13.5 Å². The van der Waals surface area contributed by atoms with Gasteiger partial charge in [-0.3, -0.25) is 4.90 Å². The van der Waals surface area contributed by atoms with Crippen LogP contribution in [0.15, 0.2) is 25.7 Å². The van der Waals surface area contributed by atoms with Crippen LogP contribution in [-0.2, 0) is 18.9 Å². The smallest absolute Gasteiger partial charge is 0.143 e. The van der Waals surface area contributed by atoms with E-state index < -0.39 is 0 Å². The summed E-state index contributed by atoms with van der Waals surface area (Å²) in [5.41, 5.74) is 0. The Hall–Kier alpha value is -1.08. The molecule has 4 aliphatic rings. The van der Waals surface area contributed by atoms with E-state index in [0.717, 1.165) is 44.2 Å². The van der Waals surface area contributed by atoms with Crippen molar-refractivity contribution in [2.75, 3.05) is 39.8 Å². The molecule has 0 aromatic rings.